The molecule has 100 valence electrons. The number of halogens is 2. The molecule has 18 heavy (non-hydrogen) atoms. The highest BCUT2D eigenvalue weighted by Gasteiger charge is 2.22. The van der Waals surface area contributed by atoms with E-state index in [0.717, 1.165) is 0 Å². The number of hydrogen-bond acceptors (Lipinski definition) is 3. The summed E-state index contributed by atoms with van der Waals surface area (Å²) < 4.78 is 1.58. The van der Waals surface area contributed by atoms with Crippen LogP contribution < -0.4 is 10.9 Å². The fraction of sp³-hybridized carbons (Fsp3) is 0.545. The summed E-state index contributed by atoms with van der Waals surface area (Å²) in [5.74, 6) is -0.232. The molecule has 0 spiro atoms. The molecule has 7 heteroatoms. The van der Waals surface area contributed by atoms with E-state index in [1.807, 2.05) is 43.4 Å². The zero-order valence-corrected chi connectivity index (χ0v) is 13.5. The van der Waals surface area contributed by atoms with Gasteiger partial charge in [0.1, 0.15) is 14.8 Å². The molecule has 1 rings (SSSR count). The van der Waals surface area contributed by atoms with Gasteiger partial charge in [-0.1, -0.05) is 11.6 Å². The van der Waals surface area contributed by atoms with Crippen molar-refractivity contribution in [1.29, 1.82) is 0 Å². The van der Waals surface area contributed by atoms with Crippen molar-refractivity contribution in [2.24, 2.45) is 0 Å². The summed E-state index contributed by atoms with van der Waals surface area (Å²) >= 11 is 7.56. The summed E-state index contributed by atoms with van der Waals surface area (Å²) in [4.78, 5) is 27.8. The van der Waals surface area contributed by atoms with Crippen LogP contribution in [0.1, 0.15) is 33.7 Å². The van der Waals surface area contributed by atoms with E-state index in [-0.39, 0.29) is 22.2 Å². The van der Waals surface area contributed by atoms with Gasteiger partial charge in [-0.15, -0.1) is 0 Å². The van der Waals surface area contributed by atoms with E-state index >= 15 is 0 Å². The standard InChI is InChI=1S/C11H15ClIN3O2/c1-6(9(17)15-11(2,3)4)16-5-14-8(12)7(13)10(16)18/h5-6H,1-4H3,(H,15,17). The van der Waals surface area contributed by atoms with Crippen LogP contribution in [0.15, 0.2) is 11.1 Å². The molecule has 0 bridgehead atoms. The van der Waals surface area contributed by atoms with Gasteiger partial charge >= 0.3 is 0 Å². The van der Waals surface area contributed by atoms with Crippen LogP contribution >= 0.6 is 34.2 Å². The zero-order chi connectivity index (χ0) is 14.1. The van der Waals surface area contributed by atoms with Crippen molar-refractivity contribution in [3.8, 4) is 0 Å². The first-order valence-corrected chi connectivity index (χ1v) is 6.83. The van der Waals surface area contributed by atoms with Gasteiger partial charge in [0, 0.05) is 5.54 Å². The Labute approximate surface area is 124 Å². The second kappa shape index (κ2) is 5.56. The Morgan fingerprint density at radius 1 is 1.56 bits per heavy atom. The summed E-state index contributed by atoms with van der Waals surface area (Å²) in [5.41, 5.74) is -0.658. The van der Waals surface area contributed by atoms with Crippen molar-refractivity contribution in [3.05, 3.63) is 25.4 Å². The van der Waals surface area contributed by atoms with E-state index in [4.69, 9.17) is 11.6 Å². The molecular formula is C11H15ClIN3O2. The van der Waals surface area contributed by atoms with Crippen molar-refractivity contribution in [2.75, 3.05) is 0 Å². The SMILES string of the molecule is CC(C(=O)NC(C)(C)C)n1cnc(Cl)c(I)c1=O. The van der Waals surface area contributed by atoms with Crippen molar-refractivity contribution in [1.82, 2.24) is 14.9 Å². The number of carbonyl (C=O) groups is 1. The molecule has 0 saturated carbocycles. The summed E-state index contributed by atoms with van der Waals surface area (Å²) in [6.45, 7) is 7.28. The molecular weight excluding hydrogens is 368 g/mol. The van der Waals surface area contributed by atoms with Gasteiger partial charge in [0.05, 0.1) is 6.33 Å². The largest absolute Gasteiger partial charge is 0.350 e. The number of carbonyl (C=O) groups excluding carboxylic acids is 1. The van der Waals surface area contributed by atoms with Crippen molar-refractivity contribution in [3.63, 3.8) is 0 Å². The molecule has 1 aromatic heterocycles. The van der Waals surface area contributed by atoms with Crippen LogP contribution in [0.3, 0.4) is 0 Å². The Balaban J connectivity index is 3.05. The van der Waals surface area contributed by atoms with Crippen LogP contribution in [-0.4, -0.2) is 21.0 Å². The van der Waals surface area contributed by atoms with Crippen LogP contribution in [0.2, 0.25) is 5.15 Å². The maximum Gasteiger partial charge on any atom is 0.269 e. The van der Waals surface area contributed by atoms with Crippen LogP contribution in [0, 0.1) is 3.57 Å². The second-order valence-electron chi connectivity index (χ2n) is 4.98. The number of amides is 1. The highest BCUT2D eigenvalue weighted by atomic mass is 127. The average Bonchev–Trinajstić information content (AvgIpc) is 2.23. The first kappa shape index (κ1) is 15.4. The molecule has 0 aliphatic heterocycles. The lowest BCUT2D eigenvalue weighted by atomic mass is 10.1. The molecule has 1 amide bonds. The maximum atomic E-state index is 12.0. The lowest BCUT2D eigenvalue weighted by Gasteiger charge is -2.24. The molecule has 0 aliphatic rings. The molecule has 1 N–H and O–H groups in total. The quantitative estimate of drug-likeness (QED) is 0.627. The normalized spacial score (nSPS) is 13.2. The fourth-order valence-electron chi connectivity index (χ4n) is 1.30. The Hall–Kier alpha value is -0.630. The van der Waals surface area contributed by atoms with E-state index in [1.165, 1.54) is 10.9 Å². The lowest BCUT2D eigenvalue weighted by Crippen LogP contribution is -2.45. The summed E-state index contributed by atoms with van der Waals surface area (Å²) in [5, 5.41) is 2.97. The third kappa shape index (κ3) is 3.68. The molecule has 1 aromatic rings. The van der Waals surface area contributed by atoms with Gasteiger partial charge < -0.3 is 5.32 Å². The number of nitrogens with zero attached hydrogens (tertiary/aromatic N) is 2. The second-order valence-corrected chi connectivity index (χ2v) is 6.41. The van der Waals surface area contributed by atoms with Crippen LogP contribution in [0.25, 0.3) is 0 Å². The van der Waals surface area contributed by atoms with Crippen molar-refractivity contribution in [2.45, 2.75) is 39.3 Å². The van der Waals surface area contributed by atoms with Crippen LogP contribution in [-0.2, 0) is 4.79 Å². The third-order valence-electron chi connectivity index (χ3n) is 2.19. The van der Waals surface area contributed by atoms with Crippen molar-refractivity contribution >= 4 is 40.1 Å². The number of nitrogens with one attached hydrogen (secondary N) is 1. The number of rotatable bonds is 2. The highest BCUT2D eigenvalue weighted by molar-refractivity contribution is 14.1. The third-order valence-corrected chi connectivity index (χ3v) is 3.77. The molecule has 0 fully saturated rings. The molecule has 1 unspecified atom stereocenters. The number of aromatic nitrogens is 2. The van der Waals surface area contributed by atoms with E-state index in [0.29, 0.717) is 3.57 Å². The number of hydrogen-bond donors (Lipinski definition) is 1. The maximum absolute atomic E-state index is 12.0. The highest BCUT2D eigenvalue weighted by Crippen LogP contribution is 2.12. The average molecular weight is 384 g/mol. The minimum atomic E-state index is -0.630. The molecule has 1 atom stereocenters. The Kier molecular flexibility index (Phi) is 4.77. The van der Waals surface area contributed by atoms with Crippen LogP contribution in [0.4, 0.5) is 0 Å². The summed E-state index contributed by atoms with van der Waals surface area (Å²) in [6, 6.07) is -0.630. The smallest absolute Gasteiger partial charge is 0.269 e. The molecule has 0 saturated heterocycles. The minimum Gasteiger partial charge on any atom is -0.350 e. The van der Waals surface area contributed by atoms with E-state index in [9.17, 15) is 9.59 Å². The topological polar surface area (TPSA) is 64.0 Å². The van der Waals surface area contributed by atoms with Gasteiger partial charge in [-0.2, -0.15) is 0 Å². The molecule has 0 radical (unpaired) electrons. The Morgan fingerprint density at radius 3 is 2.61 bits per heavy atom. The van der Waals surface area contributed by atoms with E-state index in [1.54, 1.807) is 6.92 Å². The van der Waals surface area contributed by atoms with Gasteiger partial charge in [0.15, 0.2) is 0 Å². The van der Waals surface area contributed by atoms with E-state index < -0.39 is 6.04 Å². The first-order valence-electron chi connectivity index (χ1n) is 5.37. The predicted molar refractivity (Wildman–Crippen MR) is 78.8 cm³/mol. The molecule has 0 aliphatic carbocycles. The monoisotopic (exact) mass is 383 g/mol. The van der Waals surface area contributed by atoms with Gasteiger partial charge in [0.2, 0.25) is 5.91 Å². The first-order chi connectivity index (χ1) is 8.13. The molecule has 0 aromatic carbocycles. The lowest BCUT2D eigenvalue weighted by molar-refractivity contribution is -0.125. The van der Waals surface area contributed by atoms with Gasteiger partial charge in [-0.3, -0.25) is 14.2 Å². The van der Waals surface area contributed by atoms with Crippen molar-refractivity contribution < 1.29 is 4.79 Å². The Bertz CT molecular complexity index is 522. The van der Waals surface area contributed by atoms with Crippen LogP contribution in [0.5, 0.6) is 0 Å². The van der Waals surface area contributed by atoms with Gasteiger partial charge in [-0.25, -0.2) is 4.98 Å². The van der Waals surface area contributed by atoms with Gasteiger partial charge in [-0.05, 0) is 50.3 Å². The van der Waals surface area contributed by atoms with E-state index in [2.05, 4.69) is 10.3 Å². The predicted octanol–water partition coefficient (Wildman–Crippen LogP) is 1.98. The molecule has 1 heterocycles. The van der Waals surface area contributed by atoms with Gasteiger partial charge in [0.25, 0.3) is 5.56 Å². The summed E-state index contributed by atoms with van der Waals surface area (Å²) in [7, 11) is 0. The Morgan fingerprint density at radius 2 is 2.11 bits per heavy atom. The molecule has 5 nitrogen and oxygen atoms in total. The minimum absolute atomic E-state index is 0.153. The summed E-state index contributed by atoms with van der Waals surface area (Å²) in [6.07, 6.45) is 1.29. The zero-order valence-electron chi connectivity index (χ0n) is 10.6. The fourth-order valence-corrected chi connectivity index (χ4v) is 1.84.